The van der Waals surface area contributed by atoms with Crippen LogP contribution >= 0.6 is 0 Å². The van der Waals surface area contributed by atoms with Gasteiger partial charge in [0.05, 0.1) is 19.1 Å². The first-order chi connectivity index (χ1) is 12.6. The summed E-state index contributed by atoms with van der Waals surface area (Å²) < 4.78 is 38.7. The molecule has 0 radical (unpaired) electrons. The molecule has 0 amide bonds. The molecule has 26 heavy (non-hydrogen) atoms. The second-order valence-corrected chi connectivity index (χ2v) is 8.36. The number of nitrogens with zero attached hydrogens (tertiary/aromatic N) is 1. The van der Waals surface area contributed by atoms with Gasteiger partial charge in [-0.05, 0) is 37.0 Å². The van der Waals surface area contributed by atoms with Crippen LogP contribution in [0.1, 0.15) is 24.8 Å². The Morgan fingerprint density at radius 2 is 1.73 bits per heavy atom. The summed E-state index contributed by atoms with van der Waals surface area (Å²) in [5, 5.41) is 0. The van der Waals surface area contributed by atoms with E-state index in [9.17, 15) is 8.42 Å². The third kappa shape index (κ3) is 3.86. The van der Waals surface area contributed by atoms with Gasteiger partial charge in [-0.1, -0.05) is 36.8 Å². The van der Waals surface area contributed by atoms with Crippen molar-refractivity contribution >= 4 is 10.0 Å². The van der Waals surface area contributed by atoms with Crippen molar-refractivity contribution in [1.82, 2.24) is 4.31 Å². The lowest BCUT2D eigenvalue weighted by Crippen LogP contribution is -2.44. The zero-order valence-corrected chi connectivity index (χ0v) is 16.0. The molecule has 3 rings (SSSR count). The zero-order chi connectivity index (χ0) is 18.6. The first-order valence-corrected chi connectivity index (χ1v) is 10.3. The first kappa shape index (κ1) is 18.7. The third-order valence-electron chi connectivity index (χ3n) is 4.85. The molecule has 6 heteroatoms. The Bertz CT molecular complexity index is 836. The van der Waals surface area contributed by atoms with Gasteiger partial charge in [-0.3, -0.25) is 0 Å². The number of benzene rings is 2. The summed E-state index contributed by atoms with van der Waals surface area (Å²) in [7, 11) is -0.550. The highest BCUT2D eigenvalue weighted by Gasteiger charge is 2.34. The summed E-state index contributed by atoms with van der Waals surface area (Å²) >= 11 is 0. The first-order valence-electron chi connectivity index (χ1n) is 8.84. The summed E-state index contributed by atoms with van der Waals surface area (Å²) in [6, 6.07) is 14.8. The summed E-state index contributed by atoms with van der Waals surface area (Å²) in [4.78, 5) is 0.245. The SMILES string of the molecule is COc1ccc(S(=O)(=O)N2CCCCC2Cc2ccccc2)cc1OC. The maximum atomic E-state index is 13.3. The minimum absolute atomic E-state index is 0.0238. The van der Waals surface area contributed by atoms with Crippen molar-refractivity contribution in [2.75, 3.05) is 20.8 Å². The van der Waals surface area contributed by atoms with E-state index in [2.05, 4.69) is 12.1 Å². The van der Waals surface area contributed by atoms with E-state index in [1.54, 1.807) is 22.5 Å². The number of piperidine rings is 1. The molecule has 0 aromatic heterocycles. The van der Waals surface area contributed by atoms with Gasteiger partial charge < -0.3 is 9.47 Å². The molecule has 2 aromatic rings. The molecule has 0 saturated carbocycles. The Labute approximate surface area is 155 Å². The Kier molecular flexibility index (Phi) is 5.84. The van der Waals surface area contributed by atoms with Crippen LogP contribution in [0.2, 0.25) is 0 Å². The fourth-order valence-corrected chi connectivity index (χ4v) is 5.20. The molecule has 5 nitrogen and oxygen atoms in total. The molecule has 1 aliphatic heterocycles. The van der Waals surface area contributed by atoms with Gasteiger partial charge in [-0.2, -0.15) is 4.31 Å². The van der Waals surface area contributed by atoms with E-state index in [4.69, 9.17) is 9.47 Å². The number of methoxy groups -OCH3 is 2. The molecule has 0 spiro atoms. The van der Waals surface area contributed by atoms with Gasteiger partial charge >= 0.3 is 0 Å². The van der Waals surface area contributed by atoms with E-state index >= 15 is 0 Å². The maximum Gasteiger partial charge on any atom is 0.243 e. The van der Waals surface area contributed by atoms with E-state index < -0.39 is 10.0 Å². The highest BCUT2D eigenvalue weighted by atomic mass is 32.2. The van der Waals surface area contributed by atoms with Crippen LogP contribution in [0.15, 0.2) is 53.4 Å². The summed E-state index contributed by atoms with van der Waals surface area (Å²) in [6.45, 7) is 0.550. The maximum absolute atomic E-state index is 13.3. The normalized spacial score (nSPS) is 18.5. The van der Waals surface area contributed by atoms with E-state index in [1.807, 2.05) is 18.2 Å². The van der Waals surface area contributed by atoms with Crippen LogP contribution in [-0.4, -0.2) is 39.5 Å². The average molecular weight is 375 g/mol. The number of ether oxygens (including phenoxy) is 2. The monoisotopic (exact) mass is 375 g/mol. The quantitative estimate of drug-likeness (QED) is 0.776. The number of sulfonamides is 1. The molecule has 2 aromatic carbocycles. The van der Waals surface area contributed by atoms with Crippen LogP contribution in [0.4, 0.5) is 0 Å². The van der Waals surface area contributed by atoms with Crippen LogP contribution < -0.4 is 9.47 Å². The fraction of sp³-hybridized carbons (Fsp3) is 0.400. The van der Waals surface area contributed by atoms with Gasteiger partial charge in [0.25, 0.3) is 0 Å². The molecular weight excluding hydrogens is 350 g/mol. The van der Waals surface area contributed by atoms with Crippen molar-refractivity contribution in [2.24, 2.45) is 0 Å². The molecule has 1 fully saturated rings. The van der Waals surface area contributed by atoms with Crippen molar-refractivity contribution in [3.05, 3.63) is 54.1 Å². The topological polar surface area (TPSA) is 55.8 Å². The average Bonchev–Trinajstić information content (AvgIpc) is 2.68. The lowest BCUT2D eigenvalue weighted by Gasteiger charge is -2.35. The Hall–Kier alpha value is -2.05. The second kappa shape index (κ2) is 8.10. The van der Waals surface area contributed by atoms with Crippen molar-refractivity contribution in [3.8, 4) is 11.5 Å². The molecule has 1 saturated heterocycles. The molecule has 0 bridgehead atoms. The van der Waals surface area contributed by atoms with Gasteiger partial charge in [-0.25, -0.2) is 8.42 Å². The Morgan fingerprint density at radius 1 is 1.00 bits per heavy atom. The van der Waals surface area contributed by atoms with E-state index in [0.29, 0.717) is 18.0 Å². The van der Waals surface area contributed by atoms with Crippen LogP contribution in [0.25, 0.3) is 0 Å². The van der Waals surface area contributed by atoms with Crippen LogP contribution in [0, 0.1) is 0 Å². The predicted octanol–water partition coefficient (Wildman–Crippen LogP) is 3.49. The number of hydrogen-bond donors (Lipinski definition) is 0. The minimum Gasteiger partial charge on any atom is -0.493 e. The highest BCUT2D eigenvalue weighted by molar-refractivity contribution is 7.89. The largest absolute Gasteiger partial charge is 0.493 e. The molecular formula is C20H25NO4S. The highest BCUT2D eigenvalue weighted by Crippen LogP contribution is 2.33. The van der Waals surface area contributed by atoms with Crippen LogP contribution in [0.3, 0.4) is 0 Å². The predicted molar refractivity (Wildman–Crippen MR) is 101 cm³/mol. The standard InChI is InChI=1S/C20H25NO4S/c1-24-19-12-11-18(15-20(19)25-2)26(22,23)21-13-7-6-10-17(21)14-16-8-4-3-5-9-16/h3-5,8-9,11-12,15,17H,6-7,10,13-14H2,1-2H3. The molecule has 0 N–H and O–H groups in total. The molecule has 140 valence electrons. The smallest absolute Gasteiger partial charge is 0.243 e. The number of rotatable bonds is 6. The summed E-state index contributed by atoms with van der Waals surface area (Å²) in [5.41, 5.74) is 1.16. The second-order valence-electron chi connectivity index (χ2n) is 6.47. The van der Waals surface area contributed by atoms with Crippen LogP contribution in [-0.2, 0) is 16.4 Å². The van der Waals surface area contributed by atoms with Crippen molar-refractivity contribution in [2.45, 2.75) is 36.6 Å². The van der Waals surface area contributed by atoms with Gasteiger partial charge in [0.1, 0.15) is 0 Å². The van der Waals surface area contributed by atoms with E-state index in [0.717, 1.165) is 31.2 Å². The molecule has 1 unspecified atom stereocenters. The van der Waals surface area contributed by atoms with Crippen LogP contribution in [0.5, 0.6) is 11.5 Å². The Balaban J connectivity index is 1.90. The van der Waals surface area contributed by atoms with Crippen molar-refractivity contribution in [1.29, 1.82) is 0 Å². The zero-order valence-electron chi connectivity index (χ0n) is 15.2. The van der Waals surface area contributed by atoms with E-state index in [1.165, 1.54) is 14.2 Å². The minimum atomic E-state index is -3.59. The number of hydrogen-bond acceptors (Lipinski definition) is 4. The summed E-state index contributed by atoms with van der Waals surface area (Å²) in [6.07, 6.45) is 3.54. The van der Waals surface area contributed by atoms with Crippen molar-refractivity contribution in [3.63, 3.8) is 0 Å². The Morgan fingerprint density at radius 3 is 2.42 bits per heavy atom. The van der Waals surface area contributed by atoms with Gasteiger partial charge in [0, 0.05) is 18.7 Å². The fourth-order valence-electron chi connectivity index (χ4n) is 3.49. The third-order valence-corrected chi connectivity index (χ3v) is 6.80. The van der Waals surface area contributed by atoms with Gasteiger partial charge in [0.2, 0.25) is 10.0 Å². The summed E-state index contributed by atoms with van der Waals surface area (Å²) in [5.74, 6) is 0.941. The van der Waals surface area contributed by atoms with Gasteiger partial charge in [0.15, 0.2) is 11.5 Å². The lowest BCUT2D eigenvalue weighted by molar-refractivity contribution is 0.251. The van der Waals surface area contributed by atoms with Crippen molar-refractivity contribution < 1.29 is 17.9 Å². The molecule has 1 heterocycles. The lowest BCUT2D eigenvalue weighted by atomic mass is 9.98. The van der Waals surface area contributed by atoms with E-state index in [-0.39, 0.29) is 10.9 Å². The molecule has 0 aliphatic carbocycles. The van der Waals surface area contributed by atoms with Gasteiger partial charge in [-0.15, -0.1) is 0 Å². The molecule has 1 aliphatic rings. The molecule has 1 atom stereocenters.